The van der Waals surface area contributed by atoms with E-state index in [2.05, 4.69) is 5.32 Å². The number of alkyl halides is 6. The highest BCUT2D eigenvalue weighted by molar-refractivity contribution is 5.85. The van der Waals surface area contributed by atoms with Crippen molar-refractivity contribution in [1.29, 1.82) is 0 Å². The van der Waals surface area contributed by atoms with Gasteiger partial charge < -0.3 is 10.1 Å². The van der Waals surface area contributed by atoms with Gasteiger partial charge >= 0.3 is 12.4 Å². The molecule has 0 unspecified atom stereocenters. The molecule has 1 aliphatic carbocycles. The van der Waals surface area contributed by atoms with Crippen LogP contribution in [0.2, 0.25) is 0 Å². The minimum atomic E-state index is -4.90. The van der Waals surface area contributed by atoms with Crippen molar-refractivity contribution in [2.24, 2.45) is 5.92 Å². The molecule has 0 bridgehead atoms. The number of hydrogen-bond donors (Lipinski definition) is 1. The average Bonchev–Trinajstić information content (AvgIpc) is 2.56. The third-order valence-electron chi connectivity index (χ3n) is 5.43. The fourth-order valence-electron chi connectivity index (χ4n) is 3.93. The Morgan fingerprint density at radius 3 is 2.07 bits per heavy atom. The highest BCUT2D eigenvalue weighted by Crippen LogP contribution is 2.50. The predicted octanol–water partition coefficient (Wildman–Crippen LogP) is 4.90. The molecular weight excluding hydrogens is 410 g/mol. The summed E-state index contributed by atoms with van der Waals surface area (Å²) in [7, 11) is 1.12. The van der Waals surface area contributed by atoms with E-state index >= 15 is 0 Å². The highest BCUT2D eigenvalue weighted by Gasteiger charge is 2.45. The molecule has 1 aromatic carbocycles. The van der Waals surface area contributed by atoms with Crippen LogP contribution in [0.1, 0.15) is 42.0 Å². The zero-order chi connectivity index (χ0) is 19.8. The van der Waals surface area contributed by atoms with Crippen LogP contribution in [0.4, 0.5) is 26.3 Å². The monoisotopic (exact) mass is 432 g/mol. The van der Waals surface area contributed by atoms with Crippen LogP contribution in [0.5, 0.6) is 5.75 Å². The lowest BCUT2D eigenvalue weighted by Crippen LogP contribution is -2.48. The molecule has 0 amide bonds. The van der Waals surface area contributed by atoms with Gasteiger partial charge in [-0.3, -0.25) is 4.90 Å². The molecule has 3 rings (SSSR count). The van der Waals surface area contributed by atoms with Gasteiger partial charge in [-0.2, -0.15) is 26.3 Å². The molecule has 28 heavy (non-hydrogen) atoms. The van der Waals surface area contributed by atoms with Gasteiger partial charge in [-0.05, 0) is 30.9 Å². The summed E-state index contributed by atoms with van der Waals surface area (Å²) < 4.78 is 85.9. The summed E-state index contributed by atoms with van der Waals surface area (Å²) in [5, 5.41) is 3.15. The zero-order valence-corrected chi connectivity index (χ0v) is 16.1. The van der Waals surface area contributed by atoms with E-state index in [1.54, 1.807) is 0 Å². The minimum Gasteiger partial charge on any atom is -0.496 e. The van der Waals surface area contributed by atoms with Crippen LogP contribution < -0.4 is 10.1 Å². The average molecular weight is 433 g/mol. The first kappa shape index (κ1) is 23.1. The van der Waals surface area contributed by atoms with Crippen molar-refractivity contribution in [2.45, 2.75) is 37.7 Å². The quantitative estimate of drug-likeness (QED) is 0.685. The predicted molar refractivity (Wildman–Crippen MR) is 94.8 cm³/mol. The molecule has 1 aliphatic heterocycles. The Kier molecular flexibility index (Phi) is 7.15. The fraction of sp³-hybridized carbons (Fsp3) is 0.667. The van der Waals surface area contributed by atoms with Crippen LogP contribution in [0, 0.1) is 5.92 Å². The standard InChI is InChI=1S/C18H22F6N2O.ClH/c1-27-14-10-12(17(19,20)21)9-13(18(22,23)24)15(14)16(11-3-2-4-11)26-7-5-25-6-8-26;/h9-11,16,25H,2-8H2,1H3;1H/t16-;/m1./s1. The van der Waals surface area contributed by atoms with E-state index in [9.17, 15) is 26.3 Å². The third-order valence-corrected chi connectivity index (χ3v) is 5.43. The van der Waals surface area contributed by atoms with Gasteiger partial charge in [0, 0.05) is 37.8 Å². The molecule has 3 nitrogen and oxygen atoms in total. The van der Waals surface area contributed by atoms with Gasteiger partial charge in [0.15, 0.2) is 0 Å². The first-order valence-corrected chi connectivity index (χ1v) is 8.94. The largest absolute Gasteiger partial charge is 0.496 e. The second-order valence-electron chi connectivity index (χ2n) is 7.06. The van der Waals surface area contributed by atoms with Crippen molar-refractivity contribution in [3.05, 3.63) is 28.8 Å². The van der Waals surface area contributed by atoms with Crippen molar-refractivity contribution in [1.82, 2.24) is 10.2 Å². The molecule has 1 saturated carbocycles. The summed E-state index contributed by atoms with van der Waals surface area (Å²) in [6.45, 7) is 2.35. The van der Waals surface area contributed by atoms with E-state index in [4.69, 9.17) is 4.74 Å². The van der Waals surface area contributed by atoms with Crippen LogP contribution in [-0.2, 0) is 12.4 Å². The third kappa shape index (κ3) is 4.68. The molecule has 10 heteroatoms. The summed E-state index contributed by atoms with van der Waals surface area (Å²) in [5.41, 5.74) is -2.75. The van der Waals surface area contributed by atoms with Gasteiger partial charge in [0.25, 0.3) is 0 Å². The fourth-order valence-corrected chi connectivity index (χ4v) is 3.93. The molecule has 2 fully saturated rings. The van der Waals surface area contributed by atoms with E-state index in [1.807, 2.05) is 4.90 Å². The Morgan fingerprint density at radius 2 is 1.64 bits per heavy atom. The Morgan fingerprint density at radius 1 is 1.04 bits per heavy atom. The van der Waals surface area contributed by atoms with E-state index in [1.165, 1.54) is 0 Å². The number of ether oxygens (including phenoxy) is 1. The van der Waals surface area contributed by atoms with Crippen molar-refractivity contribution in [2.75, 3.05) is 33.3 Å². The van der Waals surface area contributed by atoms with Crippen molar-refractivity contribution >= 4 is 12.4 Å². The van der Waals surface area contributed by atoms with E-state index in [0.717, 1.165) is 26.4 Å². The van der Waals surface area contributed by atoms with Crippen LogP contribution in [0.3, 0.4) is 0 Å². The van der Waals surface area contributed by atoms with Crippen LogP contribution in [-0.4, -0.2) is 38.2 Å². The first-order chi connectivity index (χ1) is 12.6. The smallest absolute Gasteiger partial charge is 0.416 e. The zero-order valence-electron chi connectivity index (χ0n) is 15.3. The SMILES string of the molecule is COc1cc(C(F)(F)F)cc(C(F)(F)F)c1[C@@H](C1CCC1)N1CCNCC1.Cl. The maximum absolute atomic E-state index is 13.8. The number of halogens is 7. The van der Waals surface area contributed by atoms with Gasteiger partial charge in [-0.25, -0.2) is 0 Å². The lowest BCUT2D eigenvalue weighted by molar-refractivity contribution is -0.144. The summed E-state index contributed by atoms with van der Waals surface area (Å²) >= 11 is 0. The number of benzene rings is 1. The number of rotatable bonds is 4. The summed E-state index contributed by atoms with van der Waals surface area (Å²) in [4.78, 5) is 1.95. The van der Waals surface area contributed by atoms with Gasteiger partial charge in [0.05, 0.1) is 18.2 Å². The summed E-state index contributed by atoms with van der Waals surface area (Å²) in [5.74, 6) is -0.359. The molecule has 0 spiro atoms. The van der Waals surface area contributed by atoms with Crippen LogP contribution in [0.15, 0.2) is 12.1 Å². The molecule has 160 valence electrons. The second kappa shape index (κ2) is 8.67. The van der Waals surface area contributed by atoms with Gasteiger partial charge in [-0.1, -0.05) is 6.42 Å². The Hall–Kier alpha value is -1.19. The lowest BCUT2D eigenvalue weighted by atomic mass is 9.74. The van der Waals surface area contributed by atoms with Crippen molar-refractivity contribution < 1.29 is 31.1 Å². The number of piperazine rings is 1. The first-order valence-electron chi connectivity index (χ1n) is 8.94. The van der Waals surface area contributed by atoms with Crippen molar-refractivity contribution in [3.63, 3.8) is 0 Å². The molecule has 1 heterocycles. The summed E-state index contributed by atoms with van der Waals surface area (Å²) in [6.07, 6.45) is -7.35. The van der Waals surface area contributed by atoms with Crippen molar-refractivity contribution in [3.8, 4) is 5.75 Å². The van der Waals surface area contributed by atoms with Gasteiger partial charge in [0.2, 0.25) is 0 Å². The lowest BCUT2D eigenvalue weighted by Gasteiger charge is -2.44. The maximum Gasteiger partial charge on any atom is 0.416 e. The van der Waals surface area contributed by atoms with E-state index in [0.29, 0.717) is 32.2 Å². The number of nitrogens with one attached hydrogen (secondary N) is 1. The molecular formula is C18H23ClF6N2O. The molecule has 0 radical (unpaired) electrons. The topological polar surface area (TPSA) is 24.5 Å². The van der Waals surface area contributed by atoms with Gasteiger partial charge in [0.1, 0.15) is 5.75 Å². The highest BCUT2D eigenvalue weighted by atomic mass is 35.5. The Bertz CT molecular complexity index is 669. The maximum atomic E-state index is 13.8. The normalized spacial score (nSPS) is 20.2. The van der Waals surface area contributed by atoms with E-state index in [-0.39, 0.29) is 35.7 Å². The molecule has 2 aliphatic rings. The van der Waals surface area contributed by atoms with Gasteiger partial charge in [-0.15, -0.1) is 12.4 Å². The molecule has 0 aromatic heterocycles. The number of methoxy groups -OCH3 is 1. The minimum absolute atomic E-state index is 0. The number of nitrogens with zero attached hydrogens (tertiary/aromatic N) is 1. The molecule has 1 atom stereocenters. The second-order valence-corrected chi connectivity index (χ2v) is 7.06. The Labute approximate surface area is 165 Å². The molecule has 1 N–H and O–H groups in total. The molecule has 1 aromatic rings. The van der Waals surface area contributed by atoms with E-state index < -0.39 is 29.5 Å². The molecule has 1 saturated heterocycles. The Balaban J connectivity index is 0.00000280. The van der Waals surface area contributed by atoms with Crippen LogP contribution in [0.25, 0.3) is 0 Å². The number of hydrogen-bond acceptors (Lipinski definition) is 3. The summed E-state index contributed by atoms with van der Waals surface area (Å²) in [6, 6.07) is 0.319. The van der Waals surface area contributed by atoms with Crippen LogP contribution >= 0.6 is 12.4 Å².